The molecule has 3 N–H and O–H groups in total. The lowest BCUT2D eigenvalue weighted by atomic mass is 9.98. The van der Waals surface area contributed by atoms with Crippen molar-refractivity contribution in [2.24, 2.45) is 5.73 Å². The summed E-state index contributed by atoms with van der Waals surface area (Å²) in [5.41, 5.74) is 8.11. The Bertz CT molecular complexity index is 1340. The zero-order valence-corrected chi connectivity index (χ0v) is 26.1. The van der Waals surface area contributed by atoms with Crippen LogP contribution in [0.5, 0.6) is 0 Å². The molecule has 238 valence electrons. The van der Waals surface area contributed by atoms with E-state index in [4.69, 9.17) is 25.1 Å². The molecule has 0 saturated carbocycles. The van der Waals surface area contributed by atoms with Gasteiger partial charge in [0.25, 0.3) is 0 Å². The molecule has 0 saturated heterocycles. The monoisotopic (exact) mass is 610 g/mol. The molecule has 0 aliphatic heterocycles. The van der Waals surface area contributed by atoms with Crippen LogP contribution in [0.25, 0.3) is 11.1 Å². The first-order chi connectivity index (χ1) is 20.5. The second-order valence-corrected chi connectivity index (χ2v) is 12.7. The summed E-state index contributed by atoms with van der Waals surface area (Å²) in [7, 11) is 0. The van der Waals surface area contributed by atoms with Crippen LogP contribution < -0.4 is 5.73 Å². The molecule has 11 heteroatoms. The number of carbonyl (C=O) groups is 5. The van der Waals surface area contributed by atoms with Crippen LogP contribution in [0.2, 0.25) is 0 Å². The summed E-state index contributed by atoms with van der Waals surface area (Å²) in [5, 5.41) is 9.12. The van der Waals surface area contributed by atoms with E-state index in [2.05, 4.69) is 0 Å². The second kappa shape index (κ2) is 14.0. The van der Waals surface area contributed by atoms with Crippen LogP contribution in [-0.2, 0) is 33.4 Å². The fourth-order valence-corrected chi connectivity index (χ4v) is 4.98. The minimum Gasteiger partial charge on any atom is -0.481 e. The molecule has 0 spiro atoms. The number of nitrogens with two attached hydrogens (primary N) is 1. The highest BCUT2D eigenvalue weighted by atomic mass is 16.6. The van der Waals surface area contributed by atoms with Gasteiger partial charge in [-0.05, 0) is 76.6 Å². The number of aliphatic carboxylic acids is 1. The Morgan fingerprint density at radius 3 is 1.84 bits per heavy atom. The lowest BCUT2D eigenvalue weighted by Crippen LogP contribution is -2.55. The third-order valence-electron chi connectivity index (χ3n) is 6.79. The molecule has 44 heavy (non-hydrogen) atoms. The van der Waals surface area contributed by atoms with Crippen molar-refractivity contribution in [1.82, 2.24) is 4.90 Å². The largest absolute Gasteiger partial charge is 0.481 e. The highest BCUT2D eigenvalue weighted by molar-refractivity contribution is 5.99. The molecule has 1 aliphatic carbocycles. The number of esters is 2. The molecule has 0 aromatic heterocycles. The van der Waals surface area contributed by atoms with Crippen molar-refractivity contribution in [3.8, 4) is 11.1 Å². The SMILES string of the molecule is CC(C)(C)OC(=O)CC[C@@H](C(=O)OC(C)(C)C)N(C(=O)OCC1c2ccccc2-c2ccccc21)C(=O)[C@@H](N)CCC(=O)O. The standard InChI is InChI=1S/C33H42N2O9/c1-32(2,3)43-28(38)18-16-26(30(40)44-33(4,5)6)35(29(39)25(34)15-17-27(36)37)31(41)42-19-24-22-13-9-7-11-20(22)21-12-8-10-14-23(21)24/h7-14,24-26H,15-19,34H2,1-6H3,(H,36,37)/t25-,26-/m0/s1. The molecule has 2 atom stereocenters. The quantitative estimate of drug-likeness (QED) is 0.267. The molecular formula is C33H42N2O9. The van der Waals surface area contributed by atoms with E-state index in [-0.39, 0.29) is 31.8 Å². The maximum absolute atomic E-state index is 13.8. The van der Waals surface area contributed by atoms with Gasteiger partial charge in [-0.3, -0.25) is 14.4 Å². The summed E-state index contributed by atoms with van der Waals surface area (Å²) < 4.78 is 16.6. The molecule has 1 aliphatic rings. The lowest BCUT2D eigenvalue weighted by Gasteiger charge is -2.32. The predicted molar refractivity (Wildman–Crippen MR) is 161 cm³/mol. The van der Waals surface area contributed by atoms with E-state index in [9.17, 15) is 24.0 Å². The Labute approximate surface area is 257 Å². The summed E-state index contributed by atoms with van der Waals surface area (Å²) in [6.07, 6.45) is -2.56. The first kappa shape index (κ1) is 34.2. The fraction of sp³-hybridized carbons (Fsp3) is 0.485. The zero-order valence-electron chi connectivity index (χ0n) is 26.1. The third-order valence-corrected chi connectivity index (χ3v) is 6.79. The highest BCUT2D eigenvalue weighted by Gasteiger charge is 2.41. The summed E-state index contributed by atoms with van der Waals surface area (Å²) in [6, 6.07) is 12.4. The second-order valence-electron chi connectivity index (χ2n) is 12.7. The van der Waals surface area contributed by atoms with E-state index < -0.39 is 59.6 Å². The van der Waals surface area contributed by atoms with Gasteiger partial charge >= 0.3 is 24.0 Å². The fourth-order valence-electron chi connectivity index (χ4n) is 4.98. The van der Waals surface area contributed by atoms with Gasteiger partial charge in [-0.1, -0.05) is 48.5 Å². The third kappa shape index (κ3) is 9.12. The number of imide groups is 1. The number of carboxylic acids is 1. The smallest absolute Gasteiger partial charge is 0.417 e. The normalized spacial score (nSPS) is 14.1. The van der Waals surface area contributed by atoms with Crippen LogP contribution in [0.1, 0.15) is 84.3 Å². The highest BCUT2D eigenvalue weighted by Crippen LogP contribution is 2.44. The van der Waals surface area contributed by atoms with Gasteiger partial charge in [0.2, 0.25) is 5.91 Å². The van der Waals surface area contributed by atoms with Crippen LogP contribution in [0, 0.1) is 0 Å². The number of carbonyl (C=O) groups excluding carboxylic acids is 4. The molecule has 2 amide bonds. The van der Waals surface area contributed by atoms with Gasteiger partial charge in [0.1, 0.15) is 23.9 Å². The van der Waals surface area contributed by atoms with Crippen molar-refractivity contribution in [1.29, 1.82) is 0 Å². The number of amides is 2. The zero-order chi connectivity index (χ0) is 32.8. The number of fused-ring (bicyclic) bond motifs is 3. The molecule has 0 heterocycles. The van der Waals surface area contributed by atoms with Crippen molar-refractivity contribution in [2.45, 2.75) is 96.4 Å². The van der Waals surface area contributed by atoms with Gasteiger partial charge in [-0.25, -0.2) is 14.5 Å². The number of rotatable bonds is 11. The van der Waals surface area contributed by atoms with Crippen molar-refractivity contribution in [3.63, 3.8) is 0 Å². The van der Waals surface area contributed by atoms with Crippen LogP contribution in [0.3, 0.4) is 0 Å². The van der Waals surface area contributed by atoms with E-state index in [0.29, 0.717) is 4.90 Å². The van der Waals surface area contributed by atoms with E-state index in [1.54, 1.807) is 41.5 Å². The Balaban J connectivity index is 1.94. The lowest BCUT2D eigenvalue weighted by molar-refractivity contribution is -0.165. The van der Waals surface area contributed by atoms with Gasteiger partial charge in [0.05, 0.1) is 6.04 Å². The van der Waals surface area contributed by atoms with Crippen molar-refractivity contribution in [3.05, 3.63) is 59.7 Å². The van der Waals surface area contributed by atoms with E-state index in [1.165, 1.54) is 0 Å². The van der Waals surface area contributed by atoms with Gasteiger partial charge in [-0.15, -0.1) is 0 Å². The number of ether oxygens (including phenoxy) is 3. The Morgan fingerprint density at radius 1 is 0.818 bits per heavy atom. The van der Waals surface area contributed by atoms with E-state index in [1.807, 2.05) is 48.5 Å². The van der Waals surface area contributed by atoms with Crippen molar-refractivity contribution >= 4 is 29.9 Å². The maximum atomic E-state index is 13.8. The van der Waals surface area contributed by atoms with E-state index >= 15 is 0 Å². The average molecular weight is 611 g/mol. The van der Waals surface area contributed by atoms with Gasteiger partial charge in [-0.2, -0.15) is 0 Å². The Morgan fingerprint density at radius 2 is 1.34 bits per heavy atom. The van der Waals surface area contributed by atoms with Crippen LogP contribution >= 0.6 is 0 Å². The predicted octanol–water partition coefficient (Wildman–Crippen LogP) is 4.79. The summed E-state index contributed by atoms with van der Waals surface area (Å²) in [5.74, 6) is -4.15. The molecule has 0 fully saturated rings. The van der Waals surface area contributed by atoms with Crippen LogP contribution in [0.4, 0.5) is 4.79 Å². The topological polar surface area (TPSA) is 163 Å². The number of benzene rings is 2. The molecule has 11 nitrogen and oxygen atoms in total. The molecule has 2 aromatic carbocycles. The molecule has 0 radical (unpaired) electrons. The average Bonchev–Trinajstić information content (AvgIpc) is 3.24. The number of hydrogen-bond donors (Lipinski definition) is 2. The molecule has 0 bridgehead atoms. The Hall–Kier alpha value is -4.25. The molecule has 3 rings (SSSR count). The van der Waals surface area contributed by atoms with Gasteiger partial charge in [0.15, 0.2) is 0 Å². The number of carboxylic acid groups (broad SMARTS) is 1. The summed E-state index contributed by atoms with van der Waals surface area (Å²) >= 11 is 0. The minimum absolute atomic E-state index is 0.159. The first-order valence-electron chi connectivity index (χ1n) is 14.6. The number of nitrogens with zero attached hydrogens (tertiary/aromatic N) is 1. The van der Waals surface area contributed by atoms with Crippen molar-refractivity contribution < 1.29 is 43.3 Å². The molecule has 2 aromatic rings. The van der Waals surface area contributed by atoms with E-state index in [0.717, 1.165) is 22.3 Å². The van der Waals surface area contributed by atoms with Crippen LogP contribution in [-0.4, -0.2) is 69.8 Å². The van der Waals surface area contributed by atoms with Crippen LogP contribution in [0.15, 0.2) is 48.5 Å². The van der Waals surface area contributed by atoms with Gasteiger partial charge in [0, 0.05) is 18.8 Å². The van der Waals surface area contributed by atoms with Crippen molar-refractivity contribution in [2.75, 3.05) is 6.61 Å². The molecular weight excluding hydrogens is 568 g/mol. The minimum atomic E-state index is -1.60. The first-order valence-corrected chi connectivity index (χ1v) is 14.6. The molecule has 0 unspecified atom stereocenters. The van der Waals surface area contributed by atoms with Gasteiger partial charge < -0.3 is 25.1 Å². The summed E-state index contributed by atoms with van der Waals surface area (Å²) in [4.78, 5) is 65.2. The summed E-state index contributed by atoms with van der Waals surface area (Å²) in [6.45, 7) is 9.75. The maximum Gasteiger partial charge on any atom is 0.417 e. The Kier molecular flexibility index (Phi) is 10.9. The number of hydrogen-bond acceptors (Lipinski definition) is 9.